The summed E-state index contributed by atoms with van der Waals surface area (Å²) in [6.07, 6.45) is 2.52. The van der Waals surface area contributed by atoms with Gasteiger partial charge in [-0.1, -0.05) is 60.7 Å². The zero-order valence-corrected chi connectivity index (χ0v) is 15.5. The molecule has 4 rings (SSSR count). The van der Waals surface area contributed by atoms with Crippen LogP contribution in [-0.2, 0) is 16.0 Å². The number of rotatable bonds is 4. The summed E-state index contributed by atoms with van der Waals surface area (Å²) in [5.74, 6) is -0.642. The highest BCUT2D eigenvalue weighted by molar-refractivity contribution is 6.08. The van der Waals surface area contributed by atoms with Crippen LogP contribution in [0.1, 0.15) is 23.6 Å². The molecule has 3 aromatic rings. The molecule has 0 radical (unpaired) electrons. The van der Waals surface area contributed by atoms with Crippen LogP contribution in [0.25, 0.3) is 17.2 Å². The van der Waals surface area contributed by atoms with Gasteiger partial charge in [0.05, 0.1) is 0 Å². The summed E-state index contributed by atoms with van der Waals surface area (Å²) in [4.78, 5) is 24.3. The SMILES string of the molecule is CC(=O)N/C(=C\c1ccccc1)C(=O)Nc1ccc2c(c1)Cc1ccccc1-2. The van der Waals surface area contributed by atoms with Crippen LogP contribution in [-0.4, -0.2) is 11.8 Å². The molecular weight excluding hydrogens is 348 g/mol. The van der Waals surface area contributed by atoms with E-state index in [9.17, 15) is 9.59 Å². The summed E-state index contributed by atoms with van der Waals surface area (Å²) in [6.45, 7) is 1.39. The Bertz CT molecular complexity index is 1080. The molecule has 138 valence electrons. The van der Waals surface area contributed by atoms with Crippen molar-refractivity contribution in [3.8, 4) is 11.1 Å². The third-order valence-corrected chi connectivity index (χ3v) is 4.72. The second-order valence-electron chi connectivity index (χ2n) is 6.81. The van der Waals surface area contributed by atoms with E-state index < -0.39 is 0 Å². The third-order valence-electron chi connectivity index (χ3n) is 4.72. The van der Waals surface area contributed by atoms with E-state index >= 15 is 0 Å². The van der Waals surface area contributed by atoms with Gasteiger partial charge >= 0.3 is 0 Å². The maximum atomic E-state index is 12.8. The van der Waals surface area contributed by atoms with Gasteiger partial charge in [-0.05, 0) is 52.4 Å². The zero-order valence-electron chi connectivity index (χ0n) is 15.5. The summed E-state index contributed by atoms with van der Waals surface area (Å²) >= 11 is 0. The van der Waals surface area contributed by atoms with Crippen molar-refractivity contribution in [1.82, 2.24) is 5.32 Å². The van der Waals surface area contributed by atoms with Gasteiger partial charge in [0.15, 0.2) is 0 Å². The molecule has 1 aliphatic rings. The molecule has 0 unspecified atom stereocenters. The first-order valence-electron chi connectivity index (χ1n) is 9.17. The third kappa shape index (κ3) is 3.71. The molecule has 0 spiro atoms. The highest BCUT2D eigenvalue weighted by Crippen LogP contribution is 2.37. The molecule has 0 atom stereocenters. The number of amides is 2. The number of carbonyl (C=O) groups is 2. The van der Waals surface area contributed by atoms with Crippen LogP contribution < -0.4 is 10.6 Å². The molecule has 0 fully saturated rings. The molecule has 3 aromatic carbocycles. The Kier molecular flexibility index (Phi) is 4.77. The summed E-state index contributed by atoms with van der Waals surface area (Å²) in [6, 6.07) is 23.7. The van der Waals surface area contributed by atoms with Crippen molar-refractivity contribution >= 4 is 23.6 Å². The minimum absolute atomic E-state index is 0.211. The maximum absolute atomic E-state index is 12.8. The number of hydrogen-bond donors (Lipinski definition) is 2. The van der Waals surface area contributed by atoms with Crippen LogP contribution >= 0.6 is 0 Å². The monoisotopic (exact) mass is 368 g/mol. The smallest absolute Gasteiger partial charge is 0.272 e. The molecule has 4 nitrogen and oxygen atoms in total. The topological polar surface area (TPSA) is 58.2 Å². The second kappa shape index (κ2) is 7.53. The fraction of sp³-hybridized carbons (Fsp3) is 0.0833. The summed E-state index contributed by atoms with van der Waals surface area (Å²) in [7, 11) is 0. The molecule has 1 aliphatic carbocycles. The first kappa shape index (κ1) is 17.7. The van der Waals surface area contributed by atoms with Crippen molar-refractivity contribution in [2.24, 2.45) is 0 Å². The average Bonchev–Trinajstić information content (AvgIpc) is 3.05. The first-order chi connectivity index (χ1) is 13.6. The van der Waals surface area contributed by atoms with Gasteiger partial charge in [0.25, 0.3) is 5.91 Å². The fourth-order valence-electron chi connectivity index (χ4n) is 3.49. The molecular formula is C24H20N2O2. The number of carbonyl (C=O) groups excluding carboxylic acids is 2. The Hall–Kier alpha value is -3.66. The van der Waals surface area contributed by atoms with Crippen molar-refractivity contribution in [3.05, 3.63) is 95.2 Å². The van der Waals surface area contributed by atoms with E-state index in [-0.39, 0.29) is 17.5 Å². The van der Waals surface area contributed by atoms with Crippen molar-refractivity contribution in [1.29, 1.82) is 0 Å². The molecule has 0 heterocycles. The first-order valence-corrected chi connectivity index (χ1v) is 9.17. The van der Waals surface area contributed by atoms with Gasteiger partial charge in [0.2, 0.25) is 5.91 Å². The van der Waals surface area contributed by atoms with E-state index in [1.165, 1.54) is 29.2 Å². The van der Waals surface area contributed by atoms with Gasteiger partial charge < -0.3 is 10.6 Å². The lowest BCUT2D eigenvalue weighted by molar-refractivity contribution is -0.120. The maximum Gasteiger partial charge on any atom is 0.272 e. The standard InChI is InChI=1S/C24H20N2O2/c1-16(27)25-23(13-17-7-3-2-4-8-17)24(28)26-20-11-12-22-19(15-20)14-18-9-5-6-10-21(18)22/h2-13,15H,14H2,1H3,(H,25,27)(H,26,28)/b23-13-. The lowest BCUT2D eigenvalue weighted by Gasteiger charge is -2.11. The van der Waals surface area contributed by atoms with Gasteiger partial charge in [0.1, 0.15) is 5.70 Å². The van der Waals surface area contributed by atoms with E-state index in [0.717, 1.165) is 12.0 Å². The Balaban J connectivity index is 1.57. The van der Waals surface area contributed by atoms with E-state index in [4.69, 9.17) is 0 Å². The molecule has 0 aromatic heterocycles. The van der Waals surface area contributed by atoms with E-state index in [1.54, 1.807) is 6.08 Å². The van der Waals surface area contributed by atoms with E-state index in [2.05, 4.69) is 22.8 Å². The molecule has 2 N–H and O–H groups in total. The van der Waals surface area contributed by atoms with Crippen LogP contribution in [0.15, 0.2) is 78.5 Å². The zero-order chi connectivity index (χ0) is 19.5. The van der Waals surface area contributed by atoms with Crippen LogP contribution in [0.4, 0.5) is 5.69 Å². The largest absolute Gasteiger partial charge is 0.322 e. The number of benzene rings is 3. The lowest BCUT2D eigenvalue weighted by atomic mass is 10.1. The van der Waals surface area contributed by atoms with Crippen LogP contribution in [0.5, 0.6) is 0 Å². The summed E-state index contributed by atoms with van der Waals surface area (Å²) in [5, 5.41) is 5.53. The Morgan fingerprint density at radius 2 is 1.57 bits per heavy atom. The molecule has 0 aliphatic heterocycles. The van der Waals surface area contributed by atoms with E-state index in [1.807, 2.05) is 60.7 Å². The second-order valence-corrected chi connectivity index (χ2v) is 6.81. The minimum Gasteiger partial charge on any atom is -0.322 e. The highest BCUT2D eigenvalue weighted by Gasteiger charge is 2.19. The lowest BCUT2D eigenvalue weighted by Crippen LogP contribution is -2.29. The predicted octanol–water partition coefficient (Wildman–Crippen LogP) is 4.37. The normalized spacial score (nSPS) is 12.1. The number of hydrogen-bond acceptors (Lipinski definition) is 2. The van der Waals surface area contributed by atoms with Gasteiger partial charge in [-0.3, -0.25) is 9.59 Å². The quantitative estimate of drug-likeness (QED) is 0.526. The molecule has 0 saturated carbocycles. The van der Waals surface area contributed by atoms with Gasteiger partial charge in [0, 0.05) is 12.6 Å². The minimum atomic E-state index is -0.352. The molecule has 2 amide bonds. The summed E-state index contributed by atoms with van der Waals surface area (Å²) in [5.41, 5.74) is 6.69. The summed E-state index contributed by atoms with van der Waals surface area (Å²) < 4.78 is 0. The fourth-order valence-corrected chi connectivity index (χ4v) is 3.49. The van der Waals surface area contributed by atoms with Gasteiger partial charge in [-0.15, -0.1) is 0 Å². The van der Waals surface area contributed by atoms with Crippen LogP contribution in [0, 0.1) is 0 Å². The van der Waals surface area contributed by atoms with Crippen molar-refractivity contribution in [2.75, 3.05) is 5.32 Å². The number of nitrogens with one attached hydrogen (secondary N) is 2. The average molecular weight is 368 g/mol. The molecule has 0 bridgehead atoms. The number of fused-ring (bicyclic) bond motifs is 3. The molecule has 0 saturated heterocycles. The molecule has 28 heavy (non-hydrogen) atoms. The number of anilines is 1. The highest BCUT2D eigenvalue weighted by atomic mass is 16.2. The molecule has 4 heteroatoms. The Morgan fingerprint density at radius 3 is 2.36 bits per heavy atom. The predicted molar refractivity (Wildman–Crippen MR) is 112 cm³/mol. The van der Waals surface area contributed by atoms with Crippen LogP contribution in [0.3, 0.4) is 0 Å². The van der Waals surface area contributed by atoms with Gasteiger partial charge in [-0.25, -0.2) is 0 Å². The Morgan fingerprint density at radius 1 is 0.857 bits per heavy atom. The van der Waals surface area contributed by atoms with Crippen molar-refractivity contribution < 1.29 is 9.59 Å². The van der Waals surface area contributed by atoms with Gasteiger partial charge in [-0.2, -0.15) is 0 Å². The van der Waals surface area contributed by atoms with Crippen molar-refractivity contribution in [3.63, 3.8) is 0 Å². The van der Waals surface area contributed by atoms with Crippen LogP contribution in [0.2, 0.25) is 0 Å². The van der Waals surface area contributed by atoms with Crippen molar-refractivity contribution in [2.45, 2.75) is 13.3 Å². The Labute approximate surface area is 163 Å². The van der Waals surface area contributed by atoms with E-state index in [0.29, 0.717) is 5.69 Å².